The van der Waals surface area contributed by atoms with Crippen molar-refractivity contribution in [2.45, 2.75) is 18.5 Å². The number of carbonyl (C=O) groups is 1. The van der Waals surface area contributed by atoms with Crippen LogP contribution in [0.4, 0.5) is 4.39 Å². The van der Waals surface area contributed by atoms with E-state index >= 15 is 0 Å². The number of amides is 1. The highest BCUT2D eigenvalue weighted by atomic mass is 19.1. The molecule has 0 spiro atoms. The number of terminal acetylenes is 1. The lowest BCUT2D eigenvalue weighted by Crippen LogP contribution is -2.43. The molecule has 0 aromatic carbocycles. The molecule has 13 heavy (non-hydrogen) atoms. The Morgan fingerprint density at radius 1 is 1.54 bits per heavy atom. The Kier molecular flexibility index (Phi) is 2.53. The van der Waals surface area contributed by atoms with Gasteiger partial charge in [-0.15, -0.1) is 6.42 Å². The molecule has 1 rings (SSSR count). The van der Waals surface area contributed by atoms with Crippen LogP contribution in [0.25, 0.3) is 0 Å². The van der Waals surface area contributed by atoms with Crippen LogP contribution in [0.15, 0.2) is 0 Å². The van der Waals surface area contributed by atoms with E-state index in [1.807, 2.05) is 5.92 Å². The SMILES string of the molecule is C#CC(=O)N1CCC(F)(C#N)CC1. The molecule has 1 amide bonds. The van der Waals surface area contributed by atoms with E-state index < -0.39 is 11.6 Å². The molecule has 0 aromatic heterocycles. The van der Waals surface area contributed by atoms with Crippen molar-refractivity contribution in [3.05, 3.63) is 0 Å². The molecule has 1 heterocycles. The van der Waals surface area contributed by atoms with Crippen LogP contribution in [0.2, 0.25) is 0 Å². The van der Waals surface area contributed by atoms with Crippen LogP contribution in [0.5, 0.6) is 0 Å². The van der Waals surface area contributed by atoms with E-state index in [-0.39, 0.29) is 25.9 Å². The number of halogens is 1. The van der Waals surface area contributed by atoms with Crippen molar-refractivity contribution in [1.29, 1.82) is 5.26 Å². The first kappa shape index (κ1) is 9.54. The number of alkyl halides is 1. The van der Waals surface area contributed by atoms with Gasteiger partial charge in [-0.25, -0.2) is 4.39 Å². The third kappa shape index (κ3) is 1.97. The lowest BCUT2D eigenvalue weighted by Gasteiger charge is -2.30. The summed E-state index contributed by atoms with van der Waals surface area (Å²) in [5.41, 5.74) is -1.77. The molecular weight excluding hydrogens is 171 g/mol. The van der Waals surface area contributed by atoms with E-state index in [1.165, 1.54) is 4.90 Å². The zero-order valence-corrected chi connectivity index (χ0v) is 7.09. The number of carbonyl (C=O) groups excluding carboxylic acids is 1. The third-order valence-corrected chi connectivity index (χ3v) is 2.17. The molecule has 0 N–H and O–H groups in total. The van der Waals surface area contributed by atoms with Gasteiger partial charge >= 0.3 is 0 Å². The molecule has 1 fully saturated rings. The van der Waals surface area contributed by atoms with Crippen molar-refractivity contribution < 1.29 is 9.18 Å². The Morgan fingerprint density at radius 3 is 2.46 bits per heavy atom. The van der Waals surface area contributed by atoms with Gasteiger partial charge in [0.25, 0.3) is 5.91 Å². The van der Waals surface area contributed by atoms with Crippen molar-refractivity contribution >= 4 is 5.91 Å². The maximum Gasteiger partial charge on any atom is 0.298 e. The van der Waals surface area contributed by atoms with Crippen LogP contribution in [-0.2, 0) is 4.79 Å². The summed E-state index contributed by atoms with van der Waals surface area (Å²) in [6.07, 6.45) is 5.01. The van der Waals surface area contributed by atoms with Gasteiger partial charge in [0.2, 0.25) is 0 Å². The second-order valence-electron chi connectivity index (χ2n) is 3.01. The van der Waals surface area contributed by atoms with Crippen molar-refractivity contribution in [1.82, 2.24) is 4.90 Å². The largest absolute Gasteiger partial charge is 0.332 e. The number of likely N-dealkylation sites (tertiary alicyclic amines) is 1. The molecule has 0 atom stereocenters. The highest BCUT2D eigenvalue weighted by Gasteiger charge is 2.35. The molecule has 0 aromatic rings. The molecule has 1 saturated heterocycles. The highest BCUT2D eigenvalue weighted by Crippen LogP contribution is 2.25. The number of rotatable bonds is 0. The van der Waals surface area contributed by atoms with Crippen molar-refractivity contribution in [2.75, 3.05) is 13.1 Å². The minimum absolute atomic E-state index is 0.0525. The first-order chi connectivity index (χ1) is 6.11. The molecule has 0 saturated carbocycles. The van der Waals surface area contributed by atoms with E-state index in [4.69, 9.17) is 11.7 Å². The second-order valence-corrected chi connectivity index (χ2v) is 3.01. The van der Waals surface area contributed by atoms with E-state index in [0.717, 1.165) is 0 Å². The predicted octanol–water partition coefficient (Wildman–Crippen LogP) is 0.474. The van der Waals surface area contributed by atoms with Crippen LogP contribution in [0.3, 0.4) is 0 Å². The summed E-state index contributed by atoms with van der Waals surface area (Å²) in [6.45, 7) is 0.459. The monoisotopic (exact) mass is 180 g/mol. The van der Waals surface area contributed by atoms with Gasteiger partial charge in [-0.2, -0.15) is 5.26 Å². The van der Waals surface area contributed by atoms with Gasteiger partial charge in [-0.05, 0) is 5.92 Å². The van der Waals surface area contributed by atoms with Crippen LogP contribution >= 0.6 is 0 Å². The molecule has 1 aliphatic rings. The maximum absolute atomic E-state index is 13.3. The van der Waals surface area contributed by atoms with Crippen LogP contribution in [0.1, 0.15) is 12.8 Å². The highest BCUT2D eigenvalue weighted by molar-refractivity contribution is 5.92. The average Bonchev–Trinajstić information content (AvgIpc) is 2.18. The lowest BCUT2D eigenvalue weighted by molar-refractivity contribution is -0.127. The first-order valence-corrected chi connectivity index (χ1v) is 3.97. The summed E-state index contributed by atoms with van der Waals surface area (Å²) in [7, 11) is 0. The van der Waals surface area contributed by atoms with Crippen LogP contribution in [0, 0.1) is 23.7 Å². The number of hydrogen-bond donors (Lipinski definition) is 0. The third-order valence-electron chi connectivity index (χ3n) is 2.17. The number of hydrogen-bond acceptors (Lipinski definition) is 2. The van der Waals surface area contributed by atoms with E-state index in [9.17, 15) is 9.18 Å². The molecule has 3 nitrogen and oxygen atoms in total. The van der Waals surface area contributed by atoms with E-state index in [2.05, 4.69) is 0 Å². The zero-order chi connectivity index (χ0) is 9.90. The number of piperidine rings is 1. The van der Waals surface area contributed by atoms with Crippen LogP contribution in [-0.4, -0.2) is 29.6 Å². The standard InChI is InChI=1S/C9H9FN2O/c1-2-8(13)12-5-3-9(10,7-11)4-6-12/h1H,3-6H2. The van der Waals surface area contributed by atoms with Gasteiger partial charge in [0.1, 0.15) is 6.07 Å². The van der Waals surface area contributed by atoms with E-state index in [0.29, 0.717) is 0 Å². The van der Waals surface area contributed by atoms with Crippen molar-refractivity contribution in [3.63, 3.8) is 0 Å². The van der Waals surface area contributed by atoms with Gasteiger partial charge in [0.15, 0.2) is 5.67 Å². The lowest BCUT2D eigenvalue weighted by atomic mass is 9.95. The topological polar surface area (TPSA) is 44.1 Å². The zero-order valence-electron chi connectivity index (χ0n) is 7.09. The molecule has 0 unspecified atom stereocenters. The number of nitriles is 1. The predicted molar refractivity (Wildman–Crippen MR) is 44.1 cm³/mol. The normalized spacial score (nSPS) is 20.1. The van der Waals surface area contributed by atoms with Crippen molar-refractivity contribution in [2.24, 2.45) is 0 Å². The fraction of sp³-hybridized carbons (Fsp3) is 0.556. The molecule has 0 aliphatic carbocycles. The van der Waals surface area contributed by atoms with E-state index in [1.54, 1.807) is 6.07 Å². The Labute approximate surface area is 76.1 Å². The smallest absolute Gasteiger partial charge is 0.298 e. The van der Waals surface area contributed by atoms with Gasteiger partial charge in [-0.1, -0.05) is 0 Å². The molecule has 68 valence electrons. The minimum Gasteiger partial charge on any atom is -0.332 e. The van der Waals surface area contributed by atoms with Crippen molar-refractivity contribution in [3.8, 4) is 18.4 Å². The van der Waals surface area contributed by atoms with Gasteiger partial charge < -0.3 is 4.90 Å². The summed E-state index contributed by atoms with van der Waals surface area (Å²) >= 11 is 0. The Hall–Kier alpha value is -1.55. The van der Waals surface area contributed by atoms with Gasteiger partial charge in [0, 0.05) is 25.9 Å². The van der Waals surface area contributed by atoms with Crippen LogP contribution < -0.4 is 0 Å². The Bertz CT molecular complexity index is 292. The molecule has 1 aliphatic heterocycles. The maximum atomic E-state index is 13.3. The summed E-state index contributed by atoms with van der Waals surface area (Å²) in [5, 5.41) is 8.46. The number of nitrogens with zero attached hydrogens (tertiary/aromatic N) is 2. The second kappa shape index (κ2) is 3.45. The molecule has 4 heteroatoms. The minimum atomic E-state index is -1.77. The molecule has 0 radical (unpaired) electrons. The quantitative estimate of drug-likeness (QED) is 0.509. The fourth-order valence-electron chi connectivity index (χ4n) is 1.27. The van der Waals surface area contributed by atoms with Gasteiger partial charge in [0.05, 0.1) is 0 Å². The summed E-state index contributed by atoms with van der Waals surface area (Å²) < 4.78 is 13.3. The Balaban J connectivity index is 2.55. The summed E-state index contributed by atoms with van der Waals surface area (Å²) in [4.78, 5) is 12.3. The molecular formula is C9H9FN2O. The Morgan fingerprint density at radius 2 is 2.08 bits per heavy atom. The van der Waals surface area contributed by atoms with Gasteiger partial charge in [-0.3, -0.25) is 4.79 Å². The average molecular weight is 180 g/mol. The summed E-state index contributed by atoms with van der Waals surface area (Å²) in [6, 6.07) is 1.60. The summed E-state index contributed by atoms with van der Waals surface area (Å²) in [5.74, 6) is 1.53. The first-order valence-electron chi connectivity index (χ1n) is 3.97. The fourth-order valence-corrected chi connectivity index (χ4v) is 1.27. The molecule has 0 bridgehead atoms.